The van der Waals surface area contributed by atoms with Crippen LogP contribution in [0.25, 0.3) is 0 Å². The molecule has 0 bridgehead atoms. The van der Waals surface area contributed by atoms with E-state index >= 15 is 0 Å². The number of nitrogens with one attached hydrogen (secondary N) is 2. The van der Waals surface area contributed by atoms with Crippen LogP contribution < -0.4 is 15.5 Å². The van der Waals surface area contributed by atoms with Crippen LogP contribution in [0.2, 0.25) is 0 Å². The molecule has 1 heterocycles. The molecule has 0 amide bonds. The lowest BCUT2D eigenvalue weighted by Gasteiger charge is -2.14. The van der Waals surface area contributed by atoms with E-state index in [2.05, 4.69) is 51.5 Å². The Kier molecular flexibility index (Phi) is 4.98. The molecule has 5 nitrogen and oxygen atoms in total. The Labute approximate surface area is 126 Å². The van der Waals surface area contributed by atoms with Gasteiger partial charge in [0.2, 0.25) is 0 Å². The maximum absolute atomic E-state index is 4.25. The van der Waals surface area contributed by atoms with Crippen LogP contribution in [0.3, 0.4) is 0 Å². The number of benzene rings is 1. The van der Waals surface area contributed by atoms with Crippen molar-refractivity contribution in [3.63, 3.8) is 0 Å². The first-order chi connectivity index (χ1) is 10.1. The van der Waals surface area contributed by atoms with Crippen LogP contribution in [0, 0.1) is 0 Å². The minimum atomic E-state index is 0.395. The molecule has 21 heavy (non-hydrogen) atoms. The molecule has 1 atom stereocenters. The van der Waals surface area contributed by atoms with Crippen molar-refractivity contribution < 1.29 is 0 Å². The summed E-state index contributed by atoms with van der Waals surface area (Å²) in [5.74, 6) is 1.63. The van der Waals surface area contributed by atoms with Gasteiger partial charge in [0.15, 0.2) is 0 Å². The predicted octanol–water partition coefficient (Wildman–Crippen LogP) is 3.50. The first-order valence-electron chi connectivity index (χ1n) is 7.21. The number of hydrogen-bond donors (Lipinski definition) is 2. The fraction of sp³-hybridized carbons (Fsp3) is 0.375. The summed E-state index contributed by atoms with van der Waals surface area (Å²) in [6, 6.07) is 10.5. The van der Waals surface area contributed by atoms with Gasteiger partial charge in [-0.3, -0.25) is 0 Å². The molecule has 1 aromatic carbocycles. The van der Waals surface area contributed by atoms with Crippen molar-refractivity contribution in [3.8, 4) is 0 Å². The molecule has 2 rings (SSSR count). The van der Waals surface area contributed by atoms with Crippen LogP contribution in [0.1, 0.15) is 20.3 Å². The van der Waals surface area contributed by atoms with Gasteiger partial charge in [0.05, 0.1) is 0 Å². The van der Waals surface area contributed by atoms with Crippen LogP contribution in [-0.2, 0) is 0 Å². The largest absolute Gasteiger partial charge is 0.378 e. The average molecular weight is 285 g/mol. The molecule has 1 aromatic heterocycles. The zero-order chi connectivity index (χ0) is 15.2. The summed E-state index contributed by atoms with van der Waals surface area (Å²) < 4.78 is 0. The Morgan fingerprint density at radius 1 is 1.10 bits per heavy atom. The van der Waals surface area contributed by atoms with Gasteiger partial charge in [-0.05, 0) is 37.6 Å². The lowest BCUT2D eigenvalue weighted by Crippen LogP contribution is -2.14. The molecule has 112 valence electrons. The third-order valence-corrected chi connectivity index (χ3v) is 3.33. The zero-order valence-electron chi connectivity index (χ0n) is 13.1. The van der Waals surface area contributed by atoms with Gasteiger partial charge in [-0.2, -0.15) is 0 Å². The summed E-state index contributed by atoms with van der Waals surface area (Å²) >= 11 is 0. The van der Waals surface area contributed by atoms with E-state index in [0.717, 1.165) is 23.7 Å². The van der Waals surface area contributed by atoms with Crippen LogP contribution in [0.15, 0.2) is 36.7 Å². The molecule has 0 aliphatic carbocycles. The quantitative estimate of drug-likeness (QED) is 0.851. The fourth-order valence-electron chi connectivity index (χ4n) is 1.85. The van der Waals surface area contributed by atoms with Crippen LogP contribution in [0.4, 0.5) is 23.0 Å². The highest BCUT2D eigenvalue weighted by atomic mass is 15.1. The van der Waals surface area contributed by atoms with E-state index in [1.54, 1.807) is 6.33 Å². The summed E-state index contributed by atoms with van der Waals surface area (Å²) in [5, 5.41) is 6.64. The van der Waals surface area contributed by atoms with E-state index in [0.29, 0.717) is 6.04 Å². The summed E-state index contributed by atoms with van der Waals surface area (Å²) in [4.78, 5) is 10.6. The van der Waals surface area contributed by atoms with Gasteiger partial charge in [0, 0.05) is 37.6 Å². The van der Waals surface area contributed by atoms with Gasteiger partial charge < -0.3 is 15.5 Å². The van der Waals surface area contributed by atoms with Gasteiger partial charge in [-0.1, -0.05) is 6.92 Å². The van der Waals surface area contributed by atoms with E-state index in [1.165, 1.54) is 5.69 Å². The lowest BCUT2D eigenvalue weighted by molar-refractivity contribution is 0.758. The van der Waals surface area contributed by atoms with Gasteiger partial charge in [-0.15, -0.1) is 0 Å². The number of hydrogen-bond acceptors (Lipinski definition) is 5. The first kappa shape index (κ1) is 15.1. The Hall–Kier alpha value is -2.30. The molecular formula is C16H23N5. The molecule has 0 aliphatic rings. The average Bonchev–Trinajstić information content (AvgIpc) is 2.48. The molecule has 0 spiro atoms. The highest BCUT2D eigenvalue weighted by molar-refractivity contribution is 5.62. The molecule has 0 radical (unpaired) electrons. The van der Waals surface area contributed by atoms with Gasteiger partial charge in [0.25, 0.3) is 0 Å². The molecule has 0 saturated carbocycles. The molecule has 2 N–H and O–H groups in total. The molecule has 2 aromatic rings. The monoisotopic (exact) mass is 285 g/mol. The topological polar surface area (TPSA) is 53.1 Å². The molecule has 0 saturated heterocycles. The molecular weight excluding hydrogens is 262 g/mol. The van der Waals surface area contributed by atoms with E-state index in [4.69, 9.17) is 0 Å². The van der Waals surface area contributed by atoms with Crippen molar-refractivity contribution in [2.24, 2.45) is 0 Å². The maximum Gasteiger partial charge on any atom is 0.135 e. The maximum atomic E-state index is 4.25. The van der Waals surface area contributed by atoms with E-state index < -0.39 is 0 Å². The minimum absolute atomic E-state index is 0.395. The molecule has 0 aliphatic heterocycles. The molecule has 0 fully saturated rings. The van der Waals surface area contributed by atoms with Crippen molar-refractivity contribution in [1.82, 2.24) is 9.97 Å². The lowest BCUT2D eigenvalue weighted by atomic mass is 10.2. The van der Waals surface area contributed by atoms with Crippen molar-refractivity contribution in [1.29, 1.82) is 0 Å². The van der Waals surface area contributed by atoms with Crippen molar-refractivity contribution in [2.45, 2.75) is 26.3 Å². The highest BCUT2D eigenvalue weighted by Gasteiger charge is 2.03. The predicted molar refractivity (Wildman–Crippen MR) is 89.5 cm³/mol. The molecule has 5 heteroatoms. The zero-order valence-corrected chi connectivity index (χ0v) is 13.1. The Morgan fingerprint density at radius 3 is 2.38 bits per heavy atom. The van der Waals surface area contributed by atoms with Crippen LogP contribution >= 0.6 is 0 Å². The van der Waals surface area contributed by atoms with Crippen LogP contribution in [0.5, 0.6) is 0 Å². The number of rotatable bonds is 6. The Bertz CT molecular complexity index is 565. The third kappa shape index (κ3) is 4.34. The van der Waals surface area contributed by atoms with Crippen molar-refractivity contribution >= 4 is 23.0 Å². The number of nitrogens with zero attached hydrogens (tertiary/aromatic N) is 3. The number of anilines is 4. The Balaban J connectivity index is 2.07. The second kappa shape index (κ2) is 6.92. The minimum Gasteiger partial charge on any atom is -0.378 e. The summed E-state index contributed by atoms with van der Waals surface area (Å²) in [7, 11) is 4.05. The van der Waals surface area contributed by atoms with Gasteiger partial charge in [0.1, 0.15) is 18.0 Å². The standard InChI is InChI=1S/C16H23N5/c1-5-12(2)19-15-10-16(18-11-17-15)20-13-6-8-14(9-7-13)21(3)4/h6-12H,5H2,1-4H3,(H2,17,18,19,20). The van der Waals surface area contributed by atoms with E-state index in [-0.39, 0.29) is 0 Å². The first-order valence-corrected chi connectivity index (χ1v) is 7.21. The Morgan fingerprint density at radius 2 is 1.76 bits per heavy atom. The SMILES string of the molecule is CCC(C)Nc1cc(Nc2ccc(N(C)C)cc2)ncn1. The van der Waals surface area contributed by atoms with Crippen LogP contribution in [-0.4, -0.2) is 30.1 Å². The fourth-order valence-corrected chi connectivity index (χ4v) is 1.85. The number of aromatic nitrogens is 2. The second-order valence-corrected chi connectivity index (χ2v) is 5.31. The summed E-state index contributed by atoms with van der Waals surface area (Å²) in [6.07, 6.45) is 2.62. The van der Waals surface area contributed by atoms with Crippen molar-refractivity contribution in [2.75, 3.05) is 29.6 Å². The van der Waals surface area contributed by atoms with Gasteiger partial charge >= 0.3 is 0 Å². The summed E-state index contributed by atoms with van der Waals surface area (Å²) in [5.41, 5.74) is 2.18. The van der Waals surface area contributed by atoms with E-state index in [9.17, 15) is 0 Å². The second-order valence-electron chi connectivity index (χ2n) is 5.31. The normalized spacial score (nSPS) is 11.8. The third-order valence-electron chi connectivity index (χ3n) is 3.33. The smallest absolute Gasteiger partial charge is 0.135 e. The van der Waals surface area contributed by atoms with Crippen molar-refractivity contribution in [3.05, 3.63) is 36.7 Å². The summed E-state index contributed by atoms with van der Waals surface area (Å²) in [6.45, 7) is 4.28. The van der Waals surface area contributed by atoms with E-state index in [1.807, 2.05) is 32.3 Å². The highest BCUT2D eigenvalue weighted by Crippen LogP contribution is 2.20. The van der Waals surface area contributed by atoms with Gasteiger partial charge in [-0.25, -0.2) is 9.97 Å². The molecule has 1 unspecified atom stereocenters.